The highest BCUT2D eigenvalue weighted by Crippen LogP contribution is 2.25. The standard InChI is InChI=1S/C15H21ClN2O2/c1-18(2)15(20)13-9-11(5-8-14(13)16)17-10-3-6-12(19)7-4-10/h5,8-10,12,17,19H,3-4,6-7H2,1-2H3. The molecule has 1 aliphatic carbocycles. The van der Waals surface area contributed by atoms with E-state index in [2.05, 4.69) is 5.32 Å². The minimum absolute atomic E-state index is 0.0993. The number of benzene rings is 1. The van der Waals surface area contributed by atoms with Crippen LogP contribution in [0.5, 0.6) is 0 Å². The highest BCUT2D eigenvalue weighted by Gasteiger charge is 2.20. The van der Waals surface area contributed by atoms with E-state index in [0.717, 1.165) is 31.4 Å². The molecule has 1 saturated carbocycles. The molecule has 0 saturated heterocycles. The molecule has 0 bridgehead atoms. The summed E-state index contributed by atoms with van der Waals surface area (Å²) in [6, 6.07) is 5.79. The van der Waals surface area contributed by atoms with Crippen LogP contribution in [0.2, 0.25) is 5.02 Å². The van der Waals surface area contributed by atoms with E-state index in [0.29, 0.717) is 16.6 Å². The number of carbonyl (C=O) groups excluding carboxylic acids is 1. The second kappa shape index (κ2) is 6.46. The molecule has 5 heteroatoms. The summed E-state index contributed by atoms with van der Waals surface area (Å²) >= 11 is 6.09. The molecule has 0 aliphatic heterocycles. The number of aliphatic hydroxyl groups excluding tert-OH is 1. The van der Waals surface area contributed by atoms with Crippen molar-refractivity contribution < 1.29 is 9.90 Å². The van der Waals surface area contributed by atoms with Gasteiger partial charge in [-0.2, -0.15) is 0 Å². The molecule has 4 nitrogen and oxygen atoms in total. The molecule has 0 atom stereocenters. The summed E-state index contributed by atoms with van der Waals surface area (Å²) in [6.07, 6.45) is 3.38. The summed E-state index contributed by atoms with van der Waals surface area (Å²) in [5.74, 6) is -0.0993. The zero-order valence-electron chi connectivity index (χ0n) is 11.9. The lowest BCUT2D eigenvalue weighted by Crippen LogP contribution is -2.28. The summed E-state index contributed by atoms with van der Waals surface area (Å²) in [5, 5.41) is 13.4. The Hall–Kier alpha value is -1.26. The number of halogens is 1. The topological polar surface area (TPSA) is 52.6 Å². The van der Waals surface area contributed by atoms with Crippen molar-refractivity contribution in [1.82, 2.24) is 4.90 Å². The first-order chi connectivity index (χ1) is 9.47. The number of nitrogens with one attached hydrogen (secondary N) is 1. The van der Waals surface area contributed by atoms with Gasteiger partial charge in [0.05, 0.1) is 16.7 Å². The van der Waals surface area contributed by atoms with Crippen LogP contribution in [-0.2, 0) is 0 Å². The quantitative estimate of drug-likeness (QED) is 0.902. The molecule has 110 valence electrons. The number of rotatable bonds is 3. The minimum Gasteiger partial charge on any atom is -0.393 e. The van der Waals surface area contributed by atoms with E-state index in [1.54, 1.807) is 26.2 Å². The Bertz CT molecular complexity index is 483. The molecule has 1 fully saturated rings. The lowest BCUT2D eigenvalue weighted by Gasteiger charge is -2.27. The maximum absolute atomic E-state index is 12.0. The van der Waals surface area contributed by atoms with Gasteiger partial charge in [-0.25, -0.2) is 0 Å². The first-order valence-electron chi connectivity index (χ1n) is 6.93. The first-order valence-corrected chi connectivity index (χ1v) is 7.31. The number of aliphatic hydroxyl groups is 1. The smallest absolute Gasteiger partial charge is 0.254 e. The SMILES string of the molecule is CN(C)C(=O)c1cc(NC2CCC(O)CC2)ccc1Cl. The number of nitrogens with zero attached hydrogens (tertiary/aromatic N) is 1. The van der Waals surface area contributed by atoms with E-state index in [9.17, 15) is 9.90 Å². The molecular formula is C15H21ClN2O2. The van der Waals surface area contributed by atoms with E-state index >= 15 is 0 Å². The van der Waals surface area contributed by atoms with E-state index in [1.165, 1.54) is 4.90 Å². The number of hydrogen-bond donors (Lipinski definition) is 2. The van der Waals surface area contributed by atoms with Crippen LogP contribution in [0.4, 0.5) is 5.69 Å². The molecule has 2 rings (SSSR count). The van der Waals surface area contributed by atoms with Gasteiger partial charge < -0.3 is 15.3 Å². The van der Waals surface area contributed by atoms with Crippen molar-refractivity contribution in [3.63, 3.8) is 0 Å². The van der Waals surface area contributed by atoms with Crippen LogP contribution < -0.4 is 5.32 Å². The molecule has 0 spiro atoms. The maximum atomic E-state index is 12.0. The van der Waals surface area contributed by atoms with Crippen LogP contribution >= 0.6 is 11.6 Å². The van der Waals surface area contributed by atoms with Crippen molar-refractivity contribution >= 4 is 23.2 Å². The Morgan fingerprint density at radius 1 is 1.30 bits per heavy atom. The van der Waals surface area contributed by atoms with E-state index in [-0.39, 0.29) is 12.0 Å². The zero-order chi connectivity index (χ0) is 14.7. The van der Waals surface area contributed by atoms with Crippen LogP contribution in [0.15, 0.2) is 18.2 Å². The van der Waals surface area contributed by atoms with Gasteiger partial charge in [-0.05, 0) is 43.9 Å². The van der Waals surface area contributed by atoms with Crippen molar-refractivity contribution in [3.05, 3.63) is 28.8 Å². The summed E-state index contributed by atoms with van der Waals surface area (Å²) in [4.78, 5) is 13.5. The van der Waals surface area contributed by atoms with Crippen LogP contribution in [0.3, 0.4) is 0 Å². The average Bonchev–Trinajstić information content (AvgIpc) is 2.42. The van der Waals surface area contributed by atoms with Gasteiger partial charge in [-0.15, -0.1) is 0 Å². The summed E-state index contributed by atoms with van der Waals surface area (Å²) in [6.45, 7) is 0. The molecular weight excluding hydrogens is 276 g/mol. The summed E-state index contributed by atoms with van der Waals surface area (Å²) < 4.78 is 0. The molecule has 0 radical (unpaired) electrons. The van der Waals surface area contributed by atoms with Crippen molar-refractivity contribution in [2.45, 2.75) is 37.8 Å². The number of carbonyl (C=O) groups is 1. The second-order valence-electron chi connectivity index (χ2n) is 5.54. The summed E-state index contributed by atoms with van der Waals surface area (Å²) in [7, 11) is 3.42. The molecule has 0 unspecified atom stereocenters. The lowest BCUT2D eigenvalue weighted by atomic mass is 9.93. The number of hydrogen-bond acceptors (Lipinski definition) is 3. The van der Waals surface area contributed by atoms with Gasteiger partial charge in [0.25, 0.3) is 5.91 Å². The third-order valence-electron chi connectivity index (χ3n) is 3.67. The fourth-order valence-electron chi connectivity index (χ4n) is 2.48. The molecule has 1 aliphatic rings. The van der Waals surface area contributed by atoms with Gasteiger partial charge in [0, 0.05) is 25.8 Å². The highest BCUT2D eigenvalue weighted by molar-refractivity contribution is 6.34. The maximum Gasteiger partial charge on any atom is 0.254 e. The van der Waals surface area contributed by atoms with Crippen LogP contribution in [-0.4, -0.2) is 42.2 Å². The molecule has 1 amide bonds. The third-order valence-corrected chi connectivity index (χ3v) is 4.00. The Morgan fingerprint density at radius 2 is 1.95 bits per heavy atom. The van der Waals surface area contributed by atoms with Gasteiger partial charge in [0.15, 0.2) is 0 Å². The van der Waals surface area contributed by atoms with E-state index in [4.69, 9.17) is 11.6 Å². The molecule has 1 aromatic carbocycles. The molecule has 1 aromatic rings. The van der Waals surface area contributed by atoms with Gasteiger partial charge in [0.1, 0.15) is 0 Å². The van der Waals surface area contributed by atoms with Crippen LogP contribution in [0.25, 0.3) is 0 Å². The average molecular weight is 297 g/mol. The zero-order valence-corrected chi connectivity index (χ0v) is 12.7. The van der Waals surface area contributed by atoms with Crippen molar-refractivity contribution in [2.75, 3.05) is 19.4 Å². The fourth-order valence-corrected chi connectivity index (χ4v) is 2.67. The van der Waals surface area contributed by atoms with Crippen molar-refractivity contribution in [2.24, 2.45) is 0 Å². The fraction of sp³-hybridized carbons (Fsp3) is 0.533. The predicted octanol–water partition coefficient (Wildman–Crippen LogP) is 2.76. The minimum atomic E-state index is -0.163. The van der Waals surface area contributed by atoms with Crippen LogP contribution in [0.1, 0.15) is 36.0 Å². The molecule has 2 N–H and O–H groups in total. The monoisotopic (exact) mass is 296 g/mol. The summed E-state index contributed by atoms with van der Waals surface area (Å²) in [5.41, 5.74) is 1.42. The Labute approximate surface area is 124 Å². The molecule has 20 heavy (non-hydrogen) atoms. The van der Waals surface area contributed by atoms with E-state index < -0.39 is 0 Å². The lowest BCUT2D eigenvalue weighted by molar-refractivity contribution is 0.0828. The Morgan fingerprint density at radius 3 is 2.55 bits per heavy atom. The van der Waals surface area contributed by atoms with E-state index in [1.807, 2.05) is 6.07 Å². The number of amides is 1. The Kier molecular flexibility index (Phi) is 4.89. The van der Waals surface area contributed by atoms with Gasteiger partial charge in [-0.1, -0.05) is 11.6 Å². The highest BCUT2D eigenvalue weighted by atomic mass is 35.5. The first kappa shape index (κ1) is 15.1. The third kappa shape index (κ3) is 3.64. The Balaban J connectivity index is 2.09. The molecule has 0 heterocycles. The van der Waals surface area contributed by atoms with Crippen molar-refractivity contribution in [3.8, 4) is 0 Å². The van der Waals surface area contributed by atoms with Gasteiger partial charge in [0.2, 0.25) is 0 Å². The van der Waals surface area contributed by atoms with Crippen LogP contribution in [0, 0.1) is 0 Å². The van der Waals surface area contributed by atoms with Gasteiger partial charge >= 0.3 is 0 Å². The van der Waals surface area contributed by atoms with Crippen molar-refractivity contribution in [1.29, 1.82) is 0 Å². The number of anilines is 1. The molecule has 0 aromatic heterocycles. The second-order valence-corrected chi connectivity index (χ2v) is 5.95. The predicted molar refractivity (Wildman–Crippen MR) is 81.4 cm³/mol. The largest absolute Gasteiger partial charge is 0.393 e. The van der Waals surface area contributed by atoms with Gasteiger partial charge in [-0.3, -0.25) is 4.79 Å². The normalized spacial score (nSPS) is 22.4.